The van der Waals surface area contributed by atoms with Crippen LogP contribution in [-0.2, 0) is 17.1 Å². The molecule has 0 saturated heterocycles. The van der Waals surface area contributed by atoms with Crippen molar-refractivity contribution in [1.29, 1.82) is 0 Å². The van der Waals surface area contributed by atoms with Gasteiger partial charge < -0.3 is 9.32 Å². The normalized spacial score (nSPS) is 16.3. The third-order valence-corrected chi connectivity index (χ3v) is 6.53. The minimum Gasteiger partial charge on any atom is -0.464 e. The average Bonchev–Trinajstić information content (AvgIpc) is 3.39. The molecule has 0 bridgehead atoms. The number of furan rings is 1. The van der Waals surface area contributed by atoms with Crippen molar-refractivity contribution in [2.24, 2.45) is 4.99 Å². The number of carbonyl (C=O) groups excluding carboxylic acids is 1. The Morgan fingerprint density at radius 3 is 2.92 bits per heavy atom. The summed E-state index contributed by atoms with van der Waals surface area (Å²) < 4.78 is 6.63. The number of fused-ring (bicyclic) bond motifs is 1. The minimum absolute atomic E-state index is 0.170. The smallest absolute Gasteiger partial charge is 0.233 e. The molecule has 4 rings (SSSR count). The van der Waals surface area contributed by atoms with Crippen molar-refractivity contribution in [1.82, 2.24) is 4.90 Å². The molecule has 1 aliphatic heterocycles. The maximum Gasteiger partial charge on any atom is 0.233 e. The van der Waals surface area contributed by atoms with Crippen LogP contribution in [0.15, 0.2) is 45.8 Å². The van der Waals surface area contributed by atoms with Gasteiger partial charge >= 0.3 is 0 Å². The van der Waals surface area contributed by atoms with Gasteiger partial charge in [0.15, 0.2) is 0 Å². The number of rotatable bonds is 5. The van der Waals surface area contributed by atoms with Crippen LogP contribution in [0.1, 0.15) is 29.9 Å². The molecule has 4 nitrogen and oxygen atoms in total. The van der Waals surface area contributed by atoms with E-state index in [0.717, 1.165) is 40.2 Å². The molecule has 0 radical (unpaired) electrons. The standard InChI is InChI=1S/C19H20N2O2S2/c1-13-6-9-16(23-13)10-21(15-7-8-15)18(22)12-25-19-20-17-5-3-2-4-14(17)11-24-19/h2-6,9,15H,7-8,10-12H2,1H3. The fraction of sp³-hybridized carbons (Fsp3) is 0.368. The van der Waals surface area contributed by atoms with Gasteiger partial charge in [0.2, 0.25) is 5.91 Å². The number of para-hydroxylation sites is 1. The van der Waals surface area contributed by atoms with Gasteiger partial charge in [-0.3, -0.25) is 4.79 Å². The summed E-state index contributed by atoms with van der Waals surface area (Å²) in [5.41, 5.74) is 2.29. The lowest BCUT2D eigenvalue weighted by molar-refractivity contribution is -0.129. The summed E-state index contributed by atoms with van der Waals surface area (Å²) in [6.07, 6.45) is 2.19. The van der Waals surface area contributed by atoms with Crippen LogP contribution in [0.4, 0.5) is 5.69 Å². The zero-order valence-corrected chi connectivity index (χ0v) is 15.7. The van der Waals surface area contributed by atoms with Crippen molar-refractivity contribution >= 4 is 39.5 Å². The third kappa shape index (κ3) is 4.12. The highest BCUT2D eigenvalue weighted by atomic mass is 32.2. The van der Waals surface area contributed by atoms with Gasteiger partial charge in [-0.2, -0.15) is 0 Å². The summed E-state index contributed by atoms with van der Waals surface area (Å²) in [6.45, 7) is 2.50. The molecule has 1 fully saturated rings. The maximum atomic E-state index is 12.7. The Kier molecular flexibility index (Phi) is 4.90. The monoisotopic (exact) mass is 372 g/mol. The Hall–Kier alpha value is -1.66. The number of carbonyl (C=O) groups is 1. The molecule has 0 spiro atoms. The van der Waals surface area contributed by atoms with Crippen molar-refractivity contribution in [3.8, 4) is 0 Å². The van der Waals surface area contributed by atoms with E-state index >= 15 is 0 Å². The molecular formula is C19H20N2O2S2. The number of thioether (sulfide) groups is 2. The molecule has 6 heteroatoms. The SMILES string of the molecule is Cc1ccc(CN(C(=O)CSC2=Nc3ccccc3CS2)C2CC2)o1. The quantitative estimate of drug-likeness (QED) is 0.760. The Morgan fingerprint density at radius 1 is 1.32 bits per heavy atom. The van der Waals surface area contributed by atoms with Crippen molar-refractivity contribution < 1.29 is 9.21 Å². The summed E-state index contributed by atoms with van der Waals surface area (Å²) >= 11 is 3.26. The molecular weight excluding hydrogens is 352 g/mol. The maximum absolute atomic E-state index is 12.7. The van der Waals surface area contributed by atoms with E-state index in [0.29, 0.717) is 18.3 Å². The predicted octanol–water partition coefficient (Wildman–Crippen LogP) is 4.75. The number of aliphatic imine (C=N–C) groups is 1. The van der Waals surface area contributed by atoms with Crippen molar-refractivity contribution in [2.45, 2.75) is 38.1 Å². The van der Waals surface area contributed by atoms with Gasteiger partial charge in [0.25, 0.3) is 0 Å². The Morgan fingerprint density at radius 2 is 2.16 bits per heavy atom. The number of hydrogen-bond donors (Lipinski definition) is 0. The predicted molar refractivity (Wildman–Crippen MR) is 104 cm³/mol. The molecule has 1 amide bonds. The molecule has 1 saturated carbocycles. The zero-order valence-electron chi connectivity index (χ0n) is 14.1. The van der Waals surface area contributed by atoms with Crippen molar-refractivity contribution in [2.75, 3.05) is 5.75 Å². The Labute approximate surface area is 156 Å². The number of hydrogen-bond acceptors (Lipinski definition) is 5. The second kappa shape index (κ2) is 7.30. The first-order valence-electron chi connectivity index (χ1n) is 8.46. The first-order valence-corrected chi connectivity index (χ1v) is 10.4. The van der Waals surface area contributed by atoms with Crippen LogP contribution in [0.25, 0.3) is 0 Å². The fourth-order valence-corrected chi connectivity index (χ4v) is 4.79. The highest BCUT2D eigenvalue weighted by Crippen LogP contribution is 2.35. The van der Waals surface area contributed by atoms with Gasteiger partial charge in [0.1, 0.15) is 15.9 Å². The number of aryl methyl sites for hydroxylation is 1. The number of nitrogens with zero attached hydrogens (tertiary/aromatic N) is 2. The summed E-state index contributed by atoms with van der Waals surface area (Å²) in [5.74, 6) is 3.28. The number of benzene rings is 1. The zero-order chi connectivity index (χ0) is 17.2. The average molecular weight is 373 g/mol. The molecule has 2 heterocycles. The number of amides is 1. The van der Waals surface area contributed by atoms with Crippen LogP contribution in [0.3, 0.4) is 0 Å². The summed E-state index contributed by atoms with van der Waals surface area (Å²) in [7, 11) is 0. The lowest BCUT2D eigenvalue weighted by atomic mass is 10.2. The van der Waals surface area contributed by atoms with Crippen LogP contribution < -0.4 is 0 Å². The molecule has 0 atom stereocenters. The summed E-state index contributed by atoms with van der Waals surface area (Å²) in [6, 6.07) is 12.5. The van der Waals surface area contributed by atoms with Gasteiger partial charge in [0.05, 0.1) is 18.0 Å². The first kappa shape index (κ1) is 16.8. The molecule has 25 heavy (non-hydrogen) atoms. The van der Waals surface area contributed by atoms with Crippen LogP contribution in [0, 0.1) is 6.92 Å². The Bertz CT molecular complexity index is 811. The van der Waals surface area contributed by atoms with Crippen LogP contribution in [-0.4, -0.2) is 27.0 Å². The second-order valence-corrected chi connectivity index (χ2v) is 8.54. The van der Waals surface area contributed by atoms with Crippen LogP contribution in [0.5, 0.6) is 0 Å². The third-order valence-electron chi connectivity index (χ3n) is 4.30. The Balaban J connectivity index is 1.38. The fourth-order valence-electron chi connectivity index (χ4n) is 2.84. The van der Waals surface area contributed by atoms with Crippen LogP contribution in [0.2, 0.25) is 0 Å². The lowest BCUT2D eigenvalue weighted by Crippen LogP contribution is -2.34. The minimum atomic E-state index is 0.170. The molecule has 1 aliphatic carbocycles. The molecule has 1 aromatic carbocycles. The summed E-state index contributed by atoms with van der Waals surface area (Å²) in [4.78, 5) is 19.4. The van der Waals surface area contributed by atoms with Gasteiger partial charge in [-0.1, -0.05) is 41.7 Å². The highest BCUT2D eigenvalue weighted by molar-refractivity contribution is 8.38. The lowest BCUT2D eigenvalue weighted by Gasteiger charge is -2.21. The van der Waals surface area contributed by atoms with Crippen molar-refractivity contribution in [3.05, 3.63) is 53.5 Å². The molecule has 2 aromatic rings. The molecule has 1 aromatic heterocycles. The second-order valence-electron chi connectivity index (χ2n) is 6.35. The topological polar surface area (TPSA) is 45.8 Å². The largest absolute Gasteiger partial charge is 0.464 e. The first-order chi connectivity index (χ1) is 12.2. The van der Waals surface area contributed by atoms with E-state index in [1.54, 1.807) is 23.5 Å². The molecule has 0 unspecified atom stereocenters. The van der Waals surface area contributed by atoms with E-state index in [2.05, 4.69) is 11.1 Å². The molecule has 0 N–H and O–H groups in total. The van der Waals surface area contributed by atoms with E-state index in [-0.39, 0.29) is 5.91 Å². The van der Waals surface area contributed by atoms with Gasteiger partial charge in [-0.05, 0) is 43.5 Å². The van der Waals surface area contributed by atoms with E-state index in [1.807, 2.05) is 42.2 Å². The van der Waals surface area contributed by atoms with Crippen molar-refractivity contribution in [3.63, 3.8) is 0 Å². The molecule has 2 aliphatic rings. The van der Waals surface area contributed by atoms with Gasteiger partial charge in [0, 0.05) is 11.8 Å². The van der Waals surface area contributed by atoms with Crippen LogP contribution >= 0.6 is 23.5 Å². The van der Waals surface area contributed by atoms with E-state index in [9.17, 15) is 4.79 Å². The van der Waals surface area contributed by atoms with E-state index in [4.69, 9.17) is 4.42 Å². The van der Waals surface area contributed by atoms with Gasteiger partial charge in [-0.25, -0.2) is 4.99 Å². The highest BCUT2D eigenvalue weighted by Gasteiger charge is 2.33. The van der Waals surface area contributed by atoms with Gasteiger partial charge in [-0.15, -0.1) is 0 Å². The van der Waals surface area contributed by atoms with E-state index in [1.165, 1.54) is 5.56 Å². The summed E-state index contributed by atoms with van der Waals surface area (Å²) in [5, 5.41) is 0. The molecule has 130 valence electrons. The van der Waals surface area contributed by atoms with E-state index < -0.39 is 0 Å².